The second kappa shape index (κ2) is 48.6. The molecule has 131 heavy (non-hydrogen) atoms. The largest absolute Gasteiger partial charge is 0.508 e. The van der Waals surface area contributed by atoms with Crippen molar-refractivity contribution in [3.8, 4) is 11.5 Å². The maximum absolute atomic E-state index is 15.7. The zero-order chi connectivity index (χ0) is 95.4. The number of nitrogens with one attached hydrogen (secondary N) is 10. The van der Waals surface area contributed by atoms with Gasteiger partial charge in [0, 0.05) is 89.2 Å². The van der Waals surface area contributed by atoms with Crippen molar-refractivity contribution in [3.63, 3.8) is 0 Å². The van der Waals surface area contributed by atoms with E-state index in [9.17, 15) is 53.3 Å². The molecule has 13 atom stereocenters. The first-order valence-corrected chi connectivity index (χ1v) is 45.4. The molecule has 9 rings (SSSR count). The first kappa shape index (κ1) is 102. The van der Waals surface area contributed by atoms with Gasteiger partial charge >= 0.3 is 5.97 Å². The number of aromatic hydroxyl groups is 2. The molecule has 17 N–H and O–H groups in total. The van der Waals surface area contributed by atoms with Gasteiger partial charge in [-0.15, -0.1) is 11.8 Å². The van der Waals surface area contributed by atoms with Gasteiger partial charge in [-0.3, -0.25) is 76.7 Å². The maximum Gasteiger partial charge on any atom is 0.305 e. The fraction of sp³-hybridized carbons (Fsp3) is 0.484. The number of carbonyl (C=O) groups excluding carboxylic acids is 15. The molecule has 15 amide bonds. The molecule has 0 bridgehead atoms. The number of halogens is 1. The van der Waals surface area contributed by atoms with Crippen LogP contribution in [0.25, 0.3) is 10.9 Å². The number of aromatic amines is 1. The molecule has 0 radical (unpaired) electrons. The number of aromatic nitrogens is 1. The maximum atomic E-state index is 15.7. The lowest BCUT2D eigenvalue weighted by Gasteiger charge is -2.39. The van der Waals surface area contributed by atoms with E-state index in [2.05, 4.69) is 52.8 Å². The van der Waals surface area contributed by atoms with Crippen LogP contribution in [0.5, 0.6) is 11.5 Å². The van der Waals surface area contributed by atoms with Gasteiger partial charge in [0.25, 0.3) is 0 Å². The van der Waals surface area contributed by atoms with Gasteiger partial charge in [0.1, 0.15) is 95.9 Å². The number of carboxylic acid groups (broad SMARTS) is 1. The Bertz CT molecular complexity index is 5030. The SMILES string of the molecule is CCCC[C@H]1C(=O)N2CCC[C@@H]2C(=O)N[C@@H](CC(=O)O)C(=O)N[C@@H](C(C)C)C(=O)N(C)[C@@H](C(C)C)C(=O)N[C@@H](Cc2ccc(O)cc2)C(=O)N2CCCC[C@@H]2C(=O)N[C@@H](Cc2c[nH]c3ccccc23)C(=O)N[C@@H](Cc2ccc(O)cc2)C(=O)N[C@@H](CCCN)C(=O)N[C@H](C(=O)NCC(N)=O)CSCC(=O)N[C@@H](Cc2ccc(F)cc2)C(=O)N(C)[C@@H](Cc2ccccc2)C(=O)N1C. The third kappa shape index (κ3) is 28.5. The summed E-state index contributed by atoms with van der Waals surface area (Å²) in [6, 6.07) is 12.4. The van der Waals surface area contributed by atoms with Gasteiger partial charge in [0.2, 0.25) is 88.6 Å². The number of nitrogens with two attached hydrogens (primary N) is 2. The Labute approximate surface area is 763 Å². The number of fused-ring (bicyclic) bond motifs is 3. The highest BCUT2D eigenvalue weighted by Crippen LogP contribution is 2.29. The Hall–Kier alpha value is -13.0. The molecule has 38 heteroatoms. The number of H-pyrrole nitrogens is 1. The number of nitrogens with zero attached hydrogens (tertiary/aromatic N) is 5. The average Bonchev–Trinajstić information content (AvgIpc) is 1.30. The van der Waals surface area contributed by atoms with Gasteiger partial charge in [-0.2, -0.15) is 0 Å². The summed E-state index contributed by atoms with van der Waals surface area (Å²) >= 11 is 0.778. The second-order valence-electron chi connectivity index (χ2n) is 34.2. The van der Waals surface area contributed by atoms with E-state index in [4.69, 9.17) is 11.5 Å². The minimum atomic E-state index is -1.89. The number of phenols is 2. The Balaban J connectivity index is 1.12. The average molecular weight is 1830 g/mol. The Morgan fingerprint density at radius 2 is 1.02 bits per heavy atom. The first-order valence-electron chi connectivity index (χ1n) is 44.2. The molecule has 0 aliphatic carbocycles. The molecular formula is C93H122FN17O19S. The van der Waals surface area contributed by atoms with Crippen molar-refractivity contribution in [2.24, 2.45) is 23.3 Å². The van der Waals surface area contributed by atoms with Crippen molar-refractivity contribution in [1.82, 2.24) is 77.3 Å². The van der Waals surface area contributed by atoms with E-state index in [1.165, 1.54) is 96.5 Å². The van der Waals surface area contributed by atoms with E-state index in [1.54, 1.807) is 88.5 Å². The second-order valence-corrected chi connectivity index (χ2v) is 35.2. The van der Waals surface area contributed by atoms with Gasteiger partial charge in [0.15, 0.2) is 0 Å². The molecule has 1 aromatic heterocycles. The summed E-state index contributed by atoms with van der Waals surface area (Å²) in [6.07, 6.45) is 1.14. The lowest BCUT2D eigenvalue weighted by molar-refractivity contribution is -0.152. The van der Waals surface area contributed by atoms with Crippen molar-refractivity contribution >= 4 is 117 Å². The Morgan fingerprint density at radius 3 is 1.61 bits per heavy atom. The number of piperidine rings is 1. The summed E-state index contributed by atoms with van der Waals surface area (Å²) in [5.74, 6) is -18.4. The monoisotopic (exact) mass is 1830 g/mol. The Kier molecular flexibility index (Phi) is 37.7. The van der Waals surface area contributed by atoms with Crippen LogP contribution < -0.4 is 59.3 Å². The number of primary amides is 1. The summed E-state index contributed by atoms with van der Waals surface area (Å²) in [6.45, 7) is 7.41. The molecule has 3 aliphatic rings. The number of likely N-dealkylation sites (N-methyl/N-ethyl adjacent to an activating group) is 3. The zero-order valence-electron chi connectivity index (χ0n) is 75.0. The van der Waals surface area contributed by atoms with Crippen LogP contribution in [-0.2, 0) is 109 Å². The topological polar surface area (TPSA) is 526 Å². The number of carboxylic acids is 1. The zero-order valence-corrected chi connectivity index (χ0v) is 75.8. The number of amides is 15. The summed E-state index contributed by atoms with van der Waals surface area (Å²) < 4.78 is 14.6. The molecule has 706 valence electrons. The highest BCUT2D eigenvalue weighted by atomic mass is 32.2. The molecule has 36 nitrogen and oxygen atoms in total. The smallest absolute Gasteiger partial charge is 0.305 e. The molecule has 0 saturated carbocycles. The third-order valence-electron chi connectivity index (χ3n) is 23.8. The standard InChI is InChI=1S/C93H122FN17O19S/c1-9-10-25-74-92(129)111-42-19-27-73(111)87(124)103-68(48-78(116)117)85(122)106-79(53(2)3)93(130)109(8)80(54(4)5)88(125)104-70(45-58-32-38-62(113)39-33-58)90(127)110-41-17-16-26-72(110)86(123)102-67(47-59-49-97-64-23-15-14-22-63(59)64)84(121)101-66(43-57-30-36-61(112)37-31-57)83(120)100-65(24-18-40-95)82(119)105-71(81(118)98-50-76(96)114)51-131-52-77(115)99-69(44-56-28-34-60(94)35-29-56)89(126)108(7)75(91(128)107(74)6)46-55-20-12-11-13-21-55/h11-15,20-23,28-39,49,53-54,65-75,79-80,97,112-113H,9-10,16-19,24-27,40-48,50-52,95H2,1-8H3,(H2,96,114)(H,98,118)(H,99,115)(H,100,120)(H,101,121)(H,102,123)(H,103,124)(H,104,125)(H,105,119)(H,106,122)(H,116,117)/t65-,66-,67-,68-,69-,70-,71-,72+,73+,74-,75-,79-,80-/m0/s1. The molecular weight excluding hydrogens is 1710 g/mol. The van der Waals surface area contributed by atoms with E-state index >= 15 is 43.2 Å². The molecule has 3 aliphatic heterocycles. The highest BCUT2D eigenvalue weighted by molar-refractivity contribution is 8.00. The first-order chi connectivity index (χ1) is 62.4. The van der Waals surface area contributed by atoms with Crippen molar-refractivity contribution in [2.75, 3.05) is 58.8 Å². The number of benzene rings is 5. The van der Waals surface area contributed by atoms with Crippen LogP contribution in [-0.4, -0.2) is 277 Å². The van der Waals surface area contributed by atoms with Crippen LogP contribution in [0.15, 0.2) is 134 Å². The van der Waals surface area contributed by atoms with E-state index in [1.807, 2.05) is 6.92 Å². The van der Waals surface area contributed by atoms with Crippen LogP contribution >= 0.6 is 11.8 Å². The van der Waals surface area contributed by atoms with Gasteiger partial charge in [-0.1, -0.05) is 132 Å². The molecule has 3 saturated heterocycles. The van der Waals surface area contributed by atoms with Crippen LogP contribution in [0.2, 0.25) is 0 Å². The molecule has 0 spiro atoms. The molecule has 6 aromatic rings. The summed E-state index contributed by atoms with van der Waals surface area (Å²) in [5.41, 5.74) is 14.4. The predicted molar refractivity (Wildman–Crippen MR) is 484 cm³/mol. The van der Waals surface area contributed by atoms with Gasteiger partial charge in [-0.25, -0.2) is 4.39 Å². The highest BCUT2D eigenvalue weighted by Gasteiger charge is 2.46. The van der Waals surface area contributed by atoms with Crippen LogP contribution in [0.1, 0.15) is 133 Å². The van der Waals surface area contributed by atoms with E-state index < -0.39 is 215 Å². The van der Waals surface area contributed by atoms with Gasteiger partial charge in [-0.05, 0) is 140 Å². The number of phenolic OH excluding ortho intramolecular Hbond substituents is 2. The van der Waals surface area contributed by atoms with Crippen LogP contribution in [0, 0.1) is 17.7 Å². The van der Waals surface area contributed by atoms with Crippen molar-refractivity contribution in [2.45, 2.75) is 216 Å². The molecule has 3 fully saturated rings. The van der Waals surface area contributed by atoms with Gasteiger partial charge < -0.3 is 104 Å². The Morgan fingerprint density at radius 1 is 0.504 bits per heavy atom. The normalized spacial score (nSPS) is 23.9. The number of hydrogen-bond donors (Lipinski definition) is 15. The minimum Gasteiger partial charge on any atom is -0.508 e. The lowest BCUT2D eigenvalue weighted by atomic mass is 9.95. The van der Waals surface area contributed by atoms with Crippen LogP contribution in [0.3, 0.4) is 0 Å². The third-order valence-corrected chi connectivity index (χ3v) is 24.8. The summed E-state index contributed by atoms with van der Waals surface area (Å²) in [4.78, 5) is 247. The molecule has 4 heterocycles. The number of carbonyl (C=O) groups is 16. The number of para-hydroxylation sites is 1. The van der Waals surface area contributed by atoms with Crippen LogP contribution in [0.4, 0.5) is 4.39 Å². The molecule has 0 unspecified atom stereocenters. The number of thioether (sulfide) groups is 1. The quantitative estimate of drug-likeness (QED) is 0.0436. The summed E-state index contributed by atoms with van der Waals surface area (Å²) in [5, 5.41) is 56.0. The predicted octanol–water partition coefficient (Wildman–Crippen LogP) is 2.03. The fourth-order valence-electron chi connectivity index (χ4n) is 16.6. The van der Waals surface area contributed by atoms with E-state index in [0.29, 0.717) is 64.4 Å². The van der Waals surface area contributed by atoms with Gasteiger partial charge in [0.05, 0.1) is 18.7 Å². The van der Waals surface area contributed by atoms with E-state index in [0.717, 1.165) is 33.7 Å². The van der Waals surface area contributed by atoms with E-state index in [-0.39, 0.29) is 102 Å². The number of aliphatic carboxylic acids is 1. The summed E-state index contributed by atoms with van der Waals surface area (Å²) in [7, 11) is 4.00. The van der Waals surface area contributed by atoms with Crippen molar-refractivity contribution in [3.05, 3.63) is 167 Å². The number of rotatable bonds is 23. The van der Waals surface area contributed by atoms with Crippen molar-refractivity contribution < 1.29 is 96.4 Å². The minimum absolute atomic E-state index is 0.0100. The lowest BCUT2D eigenvalue weighted by Crippen LogP contribution is -2.63. The fourth-order valence-corrected chi connectivity index (χ4v) is 17.5. The molecule has 5 aromatic carbocycles. The van der Waals surface area contributed by atoms with Crippen molar-refractivity contribution in [1.29, 1.82) is 0 Å². The number of hydrogen-bond acceptors (Lipinski definition) is 20. The number of unbranched alkanes of at least 4 members (excludes halogenated alkanes) is 1.